The Morgan fingerprint density at radius 2 is 1.67 bits per heavy atom. The van der Waals surface area contributed by atoms with E-state index in [0.717, 1.165) is 12.8 Å². The average molecular weight is 217 g/mol. The summed E-state index contributed by atoms with van der Waals surface area (Å²) in [5, 5.41) is 0. The normalized spacial score (nSPS) is 10.7. The molecule has 0 atom stereocenters. The summed E-state index contributed by atoms with van der Waals surface area (Å²) >= 11 is 0. The molecule has 0 fully saturated rings. The second-order valence-corrected chi connectivity index (χ2v) is 4.54. The lowest BCUT2D eigenvalue weighted by molar-refractivity contribution is -0.151. The fourth-order valence-electron chi connectivity index (χ4n) is 1.55. The standard InChI is InChI=1S/C12H24O2.H3N/c1-5-6-7-8-9-10-12(2,3)11(13)14-4;/h5-10H2,1-4H3;1H3. The predicted octanol–water partition coefficient (Wildman–Crippen LogP) is 3.71. The van der Waals surface area contributed by atoms with E-state index in [9.17, 15) is 4.79 Å². The number of unbranched alkanes of at least 4 members (excludes halogenated alkanes) is 4. The molecule has 0 aliphatic rings. The van der Waals surface area contributed by atoms with Gasteiger partial charge in [0.15, 0.2) is 0 Å². The molecule has 3 heteroatoms. The number of hydrogen-bond acceptors (Lipinski definition) is 3. The van der Waals surface area contributed by atoms with Crippen LogP contribution >= 0.6 is 0 Å². The summed E-state index contributed by atoms with van der Waals surface area (Å²) in [6.07, 6.45) is 7.15. The fourth-order valence-corrected chi connectivity index (χ4v) is 1.55. The summed E-state index contributed by atoms with van der Waals surface area (Å²) in [5.41, 5.74) is -0.305. The Bertz CT molecular complexity index is 167. The van der Waals surface area contributed by atoms with Crippen LogP contribution in [0, 0.1) is 5.41 Å². The molecule has 0 unspecified atom stereocenters. The lowest BCUT2D eigenvalue weighted by Gasteiger charge is -2.20. The molecule has 0 aromatic rings. The van der Waals surface area contributed by atoms with Crippen molar-refractivity contribution in [1.29, 1.82) is 0 Å². The third-order valence-corrected chi connectivity index (χ3v) is 2.64. The maximum atomic E-state index is 11.3. The van der Waals surface area contributed by atoms with Crippen molar-refractivity contribution in [2.24, 2.45) is 5.41 Å². The van der Waals surface area contributed by atoms with Gasteiger partial charge in [-0.25, -0.2) is 0 Å². The Kier molecular flexibility index (Phi) is 9.79. The van der Waals surface area contributed by atoms with Crippen molar-refractivity contribution < 1.29 is 9.53 Å². The van der Waals surface area contributed by atoms with E-state index >= 15 is 0 Å². The number of carbonyl (C=O) groups excluding carboxylic acids is 1. The van der Waals surface area contributed by atoms with E-state index in [1.807, 2.05) is 13.8 Å². The van der Waals surface area contributed by atoms with E-state index in [2.05, 4.69) is 6.92 Å². The number of carbonyl (C=O) groups is 1. The first-order valence-electron chi connectivity index (χ1n) is 5.63. The van der Waals surface area contributed by atoms with Gasteiger partial charge in [-0.15, -0.1) is 0 Å². The second kappa shape index (κ2) is 8.72. The molecule has 0 saturated carbocycles. The van der Waals surface area contributed by atoms with Crippen LogP contribution in [-0.2, 0) is 9.53 Å². The topological polar surface area (TPSA) is 61.3 Å². The summed E-state index contributed by atoms with van der Waals surface area (Å²) in [4.78, 5) is 11.3. The predicted molar refractivity (Wildman–Crippen MR) is 64.2 cm³/mol. The van der Waals surface area contributed by atoms with Crippen LogP contribution < -0.4 is 6.15 Å². The minimum atomic E-state index is -0.305. The highest BCUT2D eigenvalue weighted by Crippen LogP contribution is 2.25. The van der Waals surface area contributed by atoms with Gasteiger partial charge in [0.05, 0.1) is 12.5 Å². The van der Waals surface area contributed by atoms with Crippen molar-refractivity contribution in [3.63, 3.8) is 0 Å². The zero-order valence-corrected chi connectivity index (χ0v) is 10.8. The number of methoxy groups -OCH3 is 1. The highest BCUT2D eigenvalue weighted by atomic mass is 16.5. The first kappa shape index (κ1) is 16.8. The maximum Gasteiger partial charge on any atom is 0.311 e. The van der Waals surface area contributed by atoms with Gasteiger partial charge in [0.1, 0.15) is 0 Å². The van der Waals surface area contributed by atoms with E-state index < -0.39 is 0 Å². The summed E-state index contributed by atoms with van der Waals surface area (Å²) in [6, 6.07) is 0. The van der Waals surface area contributed by atoms with Crippen LogP contribution in [0.5, 0.6) is 0 Å². The smallest absolute Gasteiger partial charge is 0.311 e. The van der Waals surface area contributed by atoms with Gasteiger partial charge in [0.25, 0.3) is 0 Å². The highest BCUT2D eigenvalue weighted by molar-refractivity contribution is 5.75. The molecule has 15 heavy (non-hydrogen) atoms. The third-order valence-electron chi connectivity index (χ3n) is 2.64. The Labute approximate surface area is 94.2 Å². The molecule has 0 bridgehead atoms. The van der Waals surface area contributed by atoms with Crippen molar-refractivity contribution in [3.8, 4) is 0 Å². The summed E-state index contributed by atoms with van der Waals surface area (Å²) in [6.45, 7) is 6.12. The minimum Gasteiger partial charge on any atom is -0.469 e. The number of rotatable bonds is 7. The molecule has 3 N–H and O–H groups in total. The van der Waals surface area contributed by atoms with Gasteiger partial charge in [-0.1, -0.05) is 39.0 Å². The highest BCUT2D eigenvalue weighted by Gasteiger charge is 2.27. The zero-order chi connectivity index (χ0) is 11.0. The lowest BCUT2D eigenvalue weighted by atomic mass is 9.87. The average Bonchev–Trinajstić information content (AvgIpc) is 2.16. The molecular weight excluding hydrogens is 190 g/mol. The van der Waals surface area contributed by atoms with Crippen molar-refractivity contribution in [2.45, 2.75) is 59.3 Å². The van der Waals surface area contributed by atoms with Gasteiger partial charge in [-0.05, 0) is 20.3 Å². The Morgan fingerprint density at radius 1 is 1.13 bits per heavy atom. The molecule has 0 saturated heterocycles. The first-order chi connectivity index (χ1) is 6.54. The van der Waals surface area contributed by atoms with Crippen LogP contribution in [0.25, 0.3) is 0 Å². The molecule has 0 heterocycles. The first-order valence-corrected chi connectivity index (χ1v) is 5.63. The summed E-state index contributed by atoms with van der Waals surface area (Å²) in [7, 11) is 1.46. The second-order valence-electron chi connectivity index (χ2n) is 4.54. The van der Waals surface area contributed by atoms with Crippen LogP contribution in [0.1, 0.15) is 59.3 Å². The monoisotopic (exact) mass is 217 g/mol. The summed E-state index contributed by atoms with van der Waals surface area (Å²) < 4.78 is 4.75. The fraction of sp³-hybridized carbons (Fsp3) is 0.917. The molecule has 0 spiro atoms. The largest absolute Gasteiger partial charge is 0.469 e. The summed E-state index contributed by atoms with van der Waals surface area (Å²) in [5.74, 6) is -0.0898. The Hall–Kier alpha value is -0.570. The zero-order valence-electron chi connectivity index (χ0n) is 10.8. The third kappa shape index (κ3) is 7.37. The van der Waals surface area contributed by atoms with Gasteiger partial charge >= 0.3 is 5.97 Å². The molecule has 0 aliphatic carbocycles. The van der Waals surface area contributed by atoms with Crippen LogP contribution in [-0.4, -0.2) is 13.1 Å². The van der Waals surface area contributed by atoms with E-state index in [1.54, 1.807) is 0 Å². The van der Waals surface area contributed by atoms with Gasteiger partial charge in [0, 0.05) is 0 Å². The molecular formula is C12H27NO2. The van der Waals surface area contributed by atoms with Crippen molar-refractivity contribution in [3.05, 3.63) is 0 Å². The van der Waals surface area contributed by atoms with E-state index in [1.165, 1.54) is 32.8 Å². The van der Waals surface area contributed by atoms with Crippen LogP contribution in [0.15, 0.2) is 0 Å². The van der Waals surface area contributed by atoms with Gasteiger partial charge in [0.2, 0.25) is 0 Å². The van der Waals surface area contributed by atoms with Crippen LogP contribution in [0.3, 0.4) is 0 Å². The molecule has 92 valence electrons. The van der Waals surface area contributed by atoms with Crippen LogP contribution in [0.4, 0.5) is 0 Å². The number of hydrogen-bond donors (Lipinski definition) is 1. The SMILES string of the molecule is CCCCCCCC(C)(C)C(=O)OC.N. The molecule has 3 nitrogen and oxygen atoms in total. The quantitative estimate of drug-likeness (QED) is 0.522. The Balaban J connectivity index is 0. The lowest BCUT2D eigenvalue weighted by Crippen LogP contribution is -2.25. The van der Waals surface area contributed by atoms with E-state index in [0.29, 0.717) is 0 Å². The molecule has 0 aromatic heterocycles. The van der Waals surface area contributed by atoms with Gasteiger partial charge in [-0.2, -0.15) is 0 Å². The molecule has 0 rings (SSSR count). The van der Waals surface area contributed by atoms with Gasteiger partial charge < -0.3 is 10.9 Å². The minimum absolute atomic E-state index is 0. The van der Waals surface area contributed by atoms with E-state index in [-0.39, 0.29) is 17.5 Å². The van der Waals surface area contributed by atoms with Crippen molar-refractivity contribution in [1.82, 2.24) is 6.15 Å². The molecule has 0 aromatic carbocycles. The Morgan fingerprint density at radius 3 is 2.13 bits per heavy atom. The van der Waals surface area contributed by atoms with Crippen LogP contribution in [0.2, 0.25) is 0 Å². The van der Waals surface area contributed by atoms with Crippen molar-refractivity contribution >= 4 is 5.97 Å². The van der Waals surface area contributed by atoms with E-state index in [4.69, 9.17) is 4.74 Å². The molecule has 0 aliphatic heterocycles. The maximum absolute atomic E-state index is 11.3. The van der Waals surface area contributed by atoms with Crippen molar-refractivity contribution in [2.75, 3.05) is 7.11 Å². The molecule has 0 radical (unpaired) electrons. The number of esters is 1. The van der Waals surface area contributed by atoms with Gasteiger partial charge in [-0.3, -0.25) is 4.79 Å². The number of ether oxygens (including phenoxy) is 1. The molecule has 0 amide bonds.